The van der Waals surface area contributed by atoms with Gasteiger partial charge in [0.25, 0.3) is 0 Å². The fraction of sp³-hybridized carbons (Fsp3) is 0.462. The molecule has 0 heterocycles. The van der Waals surface area contributed by atoms with Crippen molar-refractivity contribution in [1.82, 2.24) is 5.32 Å². The van der Waals surface area contributed by atoms with Crippen LogP contribution >= 0.6 is 0 Å². The molecule has 0 radical (unpaired) electrons. The van der Waals surface area contributed by atoms with Gasteiger partial charge >= 0.3 is 6.09 Å². The molecule has 1 atom stereocenters. The predicted octanol–water partition coefficient (Wildman–Crippen LogP) is 2.52. The smallest absolute Gasteiger partial charge is 0.407 e. The molecule has 1 aromatic rings. The topological polar surface area (TPSA) is 58.6 Å². The van der Waals surface area contributed by atoms with E-state index in [0.29, 0.717) is 6.07 Å². The zero-order valence-corrected chi connectivity index (χ0v) is 11.0. The van der Waals surface area contributed by atoms with Gasteiger partial charge in [-0.3, -0.25) is 0 Å². The summed E-state index contributed by atoms with van der Waals surface area (Å²) in [6.45, 7) is 4.87. The summed E-state index contributed by atoms with van der Waals surface area (Å²) < 4.78 is 31.0. The number of hydrogen-bond donors (Lipinski definition) is 2. The molecule has 1 amide bonds. The average Bonchev–Trinajstić information content (AvgIpc) is 2.23. The summed E-state index contributed by atoms with van der Waals surface area (Å²) >= 11 is 0. The summed E-state index contributed by atoms with van der Waals surface area (Å²) in [5.74, 6) is -1.59. The van der Waals surface area contributed by atoms with Crippen LogP contribution in [0.1, 0.15) is 32.4 Å². The van der Waals surface area contributed by atoms with Gasteiger partial charge in [-0.1, -0.05) is 6.07 Å². The van der Waals surface area contributed by atoms with E-state index >= 15 is 0 Å². The zero-order chi connectivity index (χ0) is 14.6. The van der Waals surface area contributed by atoms with Crippen LogP contribution in [0.25, 0.3) is 0 Å². The van der Waals surface area contributed by atoms with Crippen LogP contribution in [0.15, 0.2) is 18.2 Å². The summed E-state index contributed by atoms with van der Waals surface area (Å²) in [6, 6.07) is 2.84. The molecule has 2 N–H and O–H groups in total. The monoisotopic (exact) mass is 273 g/mol. The standard InChI is InChI=1S/C13H17F2NO3/c1-13(2,3)19-12(18)16-7-11(17)9-5-4-8(14)6-10(9)15/h4-6,11,17H,7H2,1-3H3,(H,16,18)/t11-/m0/s1. The van der Waals surface area contributed by atoms with Crippen LogP contribution in [0.2, 0.25) is 0 Å². The molecule has 0 aromatic heterocycles. The van der Waals surface area contributed by atoms with Crippen molar-refractivity contribution in [3.05, 3.63) is 35.4 Å². The summed E-state index contributed by atoms with van der Waals surface area (Å²) in [5, 5.41) is 12.0. The van der Waals surface area contributed by atoms with E-state index in [4.69, 9.17) is 4.74 Å². The van der Waals surface area contributed by atoms with Gasteiger partial charge < -0.3 is 15.2 Å². The highest BCUT2D eigenvalue weighted by Crippen LogP contribution is 2.17. The molecule has 1 rings (SSSR count). The SMILES string of the molecule is CC(C)(C)OC(=O)NC[C@H](O)c1ccc(F)cc1F. The number of aliphatic hydroxyl groups excluding tert-OH is 1. The van der Waals surface area contributed by atoms with Crippen molar-refractivity contribution in [2.75, 3.05) is 6.54 Å². The van der Waals surface area contributed by atoms with Crippen molar-refractivity contribution in [2.45, 2.75) is 32.5 Å². The van der Waals surface area contributed by atoms with Crippen LogP contribution in [0.5, 0.6) is 0 Å². The van der Waals surface area contributed by atoms with Crippen LogP contribution in [-0.2, 0) is 4.74 Å². The van der Waals surface area contributed by atoms with Gasteiger partial charge in [0.15, 0.2) is 0 Å². The van der Waals surface area contributed by atoms with Gasteiger partial charge in [-0.25, -0.2) is 13.6 Å². The van der Waals surface area contributed by atoms with E-state index in [1.54, 1.807) is 20.8 Å². The van der Waals surface area contributed by atoms with E-state index in [1.165, 1.54) is 0 Å². The molecule has 0 spiro atoms. The minimum Gasteiger partial charge on any atom is -0.444 e. The van der Waals surface area contributed by atoms with Crippen molar-refractivity contribution in [2.24, 2.45) is 0 Å². The van der Waals surface area contributed by atoms with E-state index in [-0.39, 0.29) is 12.1 Å². The van der Waals surface area contributed by atoms with Crippen LogP contribution < -0.4 is 5.32 Å². The maximum absolute atomic E-state index is 13.4. The third-order valence-electron chi connectivity index (χ3n) is 2.16. The summed E-state index contributed by atoms with van der Waals surface area (Å²) in [5.41, 5.74) is -0.742. The third-order valence-corrected chi connectivity index (χ3v) is 2.16. The number of halogens is 2. The van der Waals surface area contributed by atoms with E-state index < -0.39 is 29.4 Å². The first-order valence-electron chi connectivity index (χ1n) is 5.79. The second-order valence-corrected chi connectivity index (χ2v) is 5.06. The molecule has 4 nitrogen and oxygen atoms in total. The third kappa shape index (κ3) is 5.21. The van der Waals surface area contributed by atoms with Gasteiger partial charge in [0, 0.05) is 11.6 Å². The Hall–Kier alpha value is -1.69. The first-order valence-corrected chi connectivity index (χ1v) is 5.79. The molecule has 106 valence electrons. The lowest BCUT2D eigenvalue weighted by atomic mass is 10.1. The van der Waals surface area contributed by atoms with Gasteiger partial charge in [0.05, 0.1) is 12.6 Å². The first-order chi connectivity index (χ1) is 8.69. The minimum absolute atomic E-state index is 0.0857. The summed E-state index contributed by atoms with van der Waals surface area (Å²) in [4.78, 5) is 11.3. The highest BCUT2D eigenvalue weighted by molar-refractivity contribution is 5.67. The maximum Gasteiger partial charge on any atom is 0.407 e. The molecule has 0 unspecified atom stereocenters. The molecule has 0 saturated heterocycles. The molecule has 0 aliphatic carbocycles. The maximum atomic E-state index is 13.4. The van der Waals surface area contributed by atoms with Gasteiger partial charge in [0.2, 0.25) is 0 Å². The number of carbonyl (C=O) groups is 1. The fourth-order valence-corrected chi connectivity index (χ4v) is 1.38. The Labute approximate surface area is 110 Å². The molecule has 0 saturated carbocycles. The Bertz CT molecular complexity index is 458. The van der Waals surface area contributed by atoms with Gasteiger partial charge in [-0.2, -0.15) is 0 Å². The van der Waals surface area contributed by atoms with Crippen LogP contribution in [0.4, 0.5) is 13.6 Å². The van der Waals surface area contributed by atoms with E-state index in [2.05, 4.69) is 5.32 Å². The molecule has 0 fully saturated rings. The average molecular weight is 273 g/mol. The molecular weight excluding hydrogens is 256 g/mol. The number of benzene rings is 1. The van der Waals surface area contributed by atoms with E-state index in [0.717, 1.165) is 12.1 Å². The van der Waals surface area contributed by atoms with Crippen LogP contribution in [-0.4, -0.2) is 23.3 Å². The summed E-state index contributed by atoms with van der Waals surface area (Å²) in [6.07, 6.45) is -1.98. The second-order valence-electron chi connectivity index (χ2n) is 5.06. The lowest BCUT2D eigenvalue weighted by Gasteiger charge is -2.20. The Morgan fingerprint density at radius 1 is 1.42 bits per heavy atom. The number of rotatable bonds is 3. The first kappa shape index (κ1) is 15.4. The lowest BCUT2D eigenvalue weighted by Crippen LogP contribution is -2.34. The quantitative estimate of drug-likeness (QED) is 0.889. The minimum atomic E-state index is -1.27. The normalized spacial score (nSPS) is 12.9. The van der Waals surface area contributed by atoms with Gasteiger partial charge in [-0.05, 0) is 26.8 Å². The van der Waals surface area contributed by atoms with E-state index in [9.17, 15) is 18.7 Å². The van der Waals surface area contributed by atoms with Gasteiger partial charge in [0.1, 0.15) is 17.2 Å². The Kier molecular flexibility index (Phi) is 4.83. The molecule has 19 heavy (non-hydrogen) atoms. The van der Waals surface area contributed by atoms with Crippen LogP contribution in [0, 0.1) is 11.6 Å². The summed E-state index contributed by atoms with van der Waals surface area (Å²) in [7, 11) is 0. The molecule has 0 bridgehead atoms. The molecule has 0 aliphatic rings. The number of carbonyl (C=O) groups excluding carboxylic acids is 1. The van der Waals surface area contributed by atoms with Crippen molar-refractivity contribution in [3.63, 3.8) is 0 Å². The van der Waals surface area contributed by atoms with E-state index in [1.807, 2.05) is 0 Å². The largest absolute Gasteiger partial charge is 0.444 e. The number of hydrogen-bond acceptors (Lipinski definition) is 3. The van der Waals surface area contributed by atoms with Crippen LogP contribution in [0.3, 0.4) is 0 Å². The predicted molar refractivity (Wildman–Crippen MR) is 65.6 cm³/mol. The Morgan fingerprint density at radius 3 is 2.58 bits per heavy atom. The molecular formula is C13H17F2NO3. The molecule has 6 heteroatoms. The van der Waals surface area contributed by atoms with Crippen molar-refractivity contribution in [1.29, 1.82) is 0 Å². The number of aliphatic hydroxyl groups is 1. The lowest BCUT2D eigenvalue weighted by molar-refractivity contribution is 0.0490. The highest BCUT2D eigenvalue weighted by atomic mass is 19.1. The number of amides is 1. The fourth-order valence-electron chi connectivity index (χ4n) is 1.38. The number of ether oxygens (including phenoxy) is 1. The molecule has 0 aliphatic heterocycles. The zero-order valence-electron chi connectivity index (χ0n) is 11.0. The van der Waals surface area contributed by atoms with Crippen molar-refractivity contribution < 1.29 is 23.4 Å². The Morgan fingerprint density at radius 2 is 2.05 bits per heavy atom. The van der Waals surface area contributed by atoms with Gasteiger partial charge in [-0.15, -0.1) is 0 Å². The number of alkyl carbamates (subject to hydrolysis) is 1. The second kappa shape index (κ2) is 5.97. The molecule has 1 aromatic carbocycles. The highest BCUT2D eigenvalue weighted by Gasteiger charge is 2.18. The van der Waals surface area contributed by atoms with Crippen molar-refractivity contribution in [3.8, 4) is 0 Å². The Balaban J connectivity index is 2.56. The number of nitrogens with one attached hydrogen (secondary N) is 1. The van der Waals surface area contributed by atoms with Crippen molar-refractivity contribution >= 4 is 6.09 Å².